The minimum atomic E-state index is -4.52. The second-order valence-corrected chi connectivity index (χ2v) is 7.38. The van der Waals surface area contributed by atoms with Crippen LogP contribution in [0.1, 0.15) is 23.2 Å². The van der Waals surface area contributed by atoms with Crippen LogP contribution >= 0.6 is 0 Å². The highest BCUT2D eigenvalue weighted by Crippen LogP contribution is 2.33. The number of rotatable bonds is 5. The van der Waals surface area contributed by atoms with Gasteiger partial charge in [0.25, 0.3) is 0 Å². The molecular formula is C21H17F3N8O. The Morgan fingerprint density at radius 2 is 1.97 bits per heavy atom. The molecule has 9 nitrogen and oxygen atoms in total. The van der Waals surface area contributed by atoms with E-state index in [1.54, 1.807) is 42.1 Å². The van der Waals surface area contributed by atoms with Crippen molar-refractivity contribution in [3.63, 3.8) is 0 Å². The van der Waals surface area contributed by atoms with Crippen molar-refractivity contribution in [3.8, 4) is 5.69 Å². The Labute approximate surface area is 184 Å². The summed E-state index contributed by atoms with van der Waals surface area (Å²) in [6, 6.07) is 9.32. The van der Waals surface area contributed by atoms with Crippen molar-refractivity contribution in [2.24, 2.45) is 7.05 Å². The molecule has 12 heteroatoms. The first-order valence-corrected chi connectivity index (χ1v) is 9.86. The molecule has 168 valence electrons. The number of hydrogen-bond donors (Lipinski definition) is 2. The zero-order valence-corrected chi connectivity index (χ0v) is 17.2. The van der Waals surface area contributed by atoms with Crippen molar-refractivity contribution in [1.82, 2.24) is 39.8 Å². The van der Waals surface area contributed by atoms with Crippen molar-refractivity contribution in [2.75, 3.05) is 0 Å². The topological polar surface area (TPSA) is 107 Å². The van der Waals surface area contributed by atoms with Gasteiger partial charge in [-0.2, -0.15) is 13.2 Å². The number of pyridine rings is 1. The van der Waals surface area contributed by atoms with E-state index in [0.717, 1.165) is 11.8 Å². The van der Waals surface area contributed by atoms with Crippen LogP contribution in [0.2, 0.25) is 0 Å². The summed E-state index contributed by atoms with van der Waals surface area (Å²) in [7, 11) is 1.70. The molecule has 4 heterocycles. The van der Waals surface area contributed by atoms with Gasteiger partial charge in [-0.25, -0.2) is 19.6 Å². The molecule has 4 aromatic heterocycles. The lowest BCUT2D eigenvalue weighted by Gasteiger charge is -2.14. The van der Waals surface area contributed by atoms with Crippen LogP contribution in [0.5, 0.6) is 0 Å². The van der Waals surface area contributed by atoms with Crippen molar-refractivity contribution in [1.29, 1.82) is 0 Å². The Hall–Kier alpha value is -3.90. The molecule has 1 aromatic carbocycles. The first kappa shape index (κ1) is 21.0. The van der Waals surface area contributed by atoms with Gasteiger partial charge in [0.05, 0.1) is 23.1 Å². The van der Waals surface area contributed by atoms with Crippen LogP contribution in [0.25, 0.3) is 27.8 Å². The third-order valence-electron chi connectivity index (χ3n) is 5.26. The highest BCUT2D eigenvalue weighted by atomic mass is 19.4. The van der Waals surface area contributed by atoms with Crippen LogP contribution in [0, 0.1) is 0 Å². The zero-order chi connectivity index (χ0) is 23.2. The molecule has 0 saturated carbocycles. The summed E-state index contributed by atoms with van der Waals surface area (Å²) in [6.07, 6.45) is -1.29. The van der Waals surface area contributed by atoms with E-state index in [9.17, 15) is 18.3 Å². The first-order valence-electron chi connectivity index (χ1n) is 9.86. The zero-order valence-electron chi connectivity index (χ0n) is 17.2. The number of aromatic nitrogens is 7. The number of halogens is 3. The summed E-state index contributed by atoms with van der Waals surface area (Å²) in [5, 5.41) is 22.6. The maximum Gasteiger partial charge on any atom is 0.433 e. The fourth-order valence-electron chi connectivity index (χ4n) is 3.69. The molecule has 1 unspecified atom stereocenters. The third kappa shape index (κ3) is 3.79. The van der Waals surface area contributed by atoms with E-state index < -0.39 is 18.1 Å². The second kappa shape index (κ2) is 7.90. The van der Waals surface area contributed by atoms with Crippen LogP contribution in [0.3, 0.4) is 0 Å². The van der Waals surface area contributed by atoms with Gasteiger partial charge >= 0.3 is 6.18 Å². The van der Waals surface area contributed by atoms with Crippen LogP contribution in [0.4, 0.5) is 13.2 Å². The minimum Gasteiger partial charge on any atom is -0.374 e. The molecule has 0 spiro atoms. The van der Waals surface area contributed by atoms with Gasteiger partial charge in [0, 0.05) is 25.2 Å². The summed E-state index contributed by atoms with van der Waals surface area (Å²) in [4.78, 5) is 11.5. The fourth-order valence-corrected chi connectivity index (χ4v) is 3.69. The Morgan fingerprint density at radius 3 is 2.67 bits per heavy atom. The number of fused-ring (bicyclic) bond motifs is 3. The maximum atomic E-state index is 12.9. The predicted octanol–water partition coefficient (Wildman–Crippen LogP) is 2.90. The summed E-state index contributed by atoms with van der Waals surface area (Å²) in [5.74, 6) is 0. The van der Waals surface area contributed by atoms with Gasteiger partial charge in [-0.05, 0) is 35.9 Å². The van der Waals surface area contributed by atoms with E-state index in [2.05, 4.69) is 30.6 Å². The lowest BCUT2D eigenvalue weighted by atomic mass is 10.1. The number of nitrogens with one attached hydrogen (secondary N) is 1. The molecule has 0 bridgehead atoms. The van der Waals surface area contributed by atoms with Crippen LogP contribution in [-0.2, 0) is 19.8 Å². The smallest absolute Gasteiger partial charge is 0.374 e. The van der Waals surface area contributed by atoms with Gasteiger partial charge in [-0.3, -0.25) is 9.88 Å². The Kier molecular flexibility index (Phi) is 5.02. The lowest BCUT2D eigenvalue weighted by Crippen LogP contribution is -2.20. The monoisotopic (exact) mass is 454 g/mol. The summed E-state index contributed by atoms with van der Waals surface area (Å²) >= 11 is 0. The standard InChI is InChI=1S/C21H17F3N8O/c1-31-20-18(29-30-31)15-8-12(19(33)27-9-13-6-7-25-11-28-13)2-4-16(15)32(20)14-3-5-17(26-10-14)21(22,23)24/h2-8,10-11,19,27,33H,9H2,1H3. The molecule has 0 aliphatic heterocycles. The molecule has 0 aliphatic rings. The van der Waals surface area contributed by atoms with E-state index >= 15 is 0 Å². The van der Waals surface area contributed by atoms with Gasteiger partial charge in [-0.15, -0.1) is 5.10 Å². The normalized spacial score (nSPS) is 13.1. The minimum absolute atomic E-state index is 0.334. The molecule has 33 heavy (non-hydrogen) atoms. The number of aliphatic hydroxyl groups excluding tert-OH is 1. The summed E-state index contributed by atoms with van der Waals surface area (Å²) < 4.78 is 42.1. The number of aryl methyl sites for hydroxylation is 1. The number of nitrogens with zero attached hydrogens (tertiary/aromatic N) is 7. The highest BCUT2D eigenvalue weighted by Gasteiger charge is 2.32. The third-order valence-corrected chi connectivity index (χ3v) is 5.26. The predicted molar refractivity (Wildman–Crippen MR) is 112 cm³/mol. The molecule has 0 radical (unpaired) electrons. The largest absolute Gasteiger partial charge is 0.433 e. The number of aliphatic hydroxyl groups is 1. The maximum absolute atomic E-state index is 12.9. The van der Waals surface area contributed by atoms with Crippen LogP contribution < -0.4 is 5.32 Å². The van der Waals surface area contributed by atoms with E-state index in [4.69, 9.17) is 0 Å². The van der Waals surface area contributed by atoms with E-state index in [1.165, 1.54) is 23.3 Å². The Balaban J connectivity index is 1.55. The number of benzene rings is 1. The van der Waals surface area contributed by atoms with Gasteiger partial charge in [0.2, 0.25) is 0 Å². The average Bonchev–Trinajstić information content (AvgIpc) is 3.35. The molecular weight excluding hydrogens is 437 g/mol. The molecule has 0 amide bonds. The fraction of sp³-hybridized carbons (Fsp3) is 0.190. The van der Waals surface area contributed by atoms with Crippen LogP contribution in [0.15, 0.2) is 55.1 Å². The van der Waals surface area contributed by atoms with Gasteiger partial charge in [-0.1, -0.05) is 11.3 Å². The molecule has 1 atom stereocenters. The van der Waals surface area contributed by atoms with Gasteiger partial charge < -0.3 is 5.11 Å². The van der Waals surface area contributed by atoms with Gasteiger partial charge in [0.1, 0.15) is 23.8 Å². The molecule has 5 aromatic rings. The average molecular weight is 454 g/mol. The quantitative estimate of drug-likeness (QED) is 0.393. The first-order chi connectivity index (χ1) is 15.8. The van der Waals surface area contributed by atoms with E-state index in [-0.39, 0.29) is 0 Å². The Bertz CT molecular complexity index is 1430. The number of alkyl halides is 3. The molecule has 0 saturated heterocycles. The van der Waals surface area contributed by atoms with Gasteiger partial charge in [0.15, 0.2) is 5.65 Å². The van der Waals surface area contributed by atoms with Crippen molar-refractivity contribution in [3.05, 3.63) is 72.1 Å². The lowest BCUT2D eigenvalue weighted by molar-refractivity contribution is -0.141. The molecule has 0 aliphatic carbocycles. The Morgan fingerprint density at radius 1 is 1.12 bits per heavy atom. The molecule has 5 rings (SSSR count). The van der Waals surface area contributed by atoms with Crippen molar-refractivity contribution < 1.29 is 18.3 Å². The molecule has 0 fully saturated rings. The second-order valence-electron chi connectivity index (χ2n) is 7.38. The number of hydrogen-bond acceptors (Lipinski definition) is 7. The van der Waals surface area contributed by atoms with E-state index in [0.29, 0.717) is 39.9 Å². The summed E-state index contributed by atoms with van der Waals surface area (Å²) in [6.45, 7) is 0.334. The molecule has 2 N–H and O–H groups in total. The highest BCUT2D eigenvalue weighted by molar-refractivity contribution is 6.06. The van der Waals surface area contributed by atoms with Crippen molar-refractivity contribution >= 4 is 22.1 Å². The van der Waals surface area contributed by atoms with Crippen molar-refractivity contribution in [2.45, 2.75) is 18.9 Å². The van der Waals surface area contributed by atoms with Crippen LogP contribution in [-0.4, -0.2) is 39.6 Å². The SMILES string of the molecule is Cn1nnc2c3cc(C(O)NCc4ccncn4)ccc3n(-c3ccc(C(F)(F)F)nc3)c21. The summed E-state index contributed by atoms with van der Waals surface area (Å²) in [5.41, 5.74) is 2.61. The van der Waals surface area contributed by atoms with E-state index in [1.807, 2.05) is 0 Å².